The smallest absolute Gasteiger partial charge is 0.126 e. The van der Waals surface area contributed by atoms with Crippen molar-refractivity contribution in [1.82, 2.24) is 5.32 Å². The standard InChI is InChI=1S/C28H26ClF2N3/c1-18(34-27(28(2,3)17-33)22-13-24(30)15-25(31)14-22)26(12-19-7-9-23(29)10-8-19)21-6-4-5-20(11-21)16-32/h4-11,13-15,18,26-27,34H,12H2,1-3H3/t18-,26?,27-/m0/s1. The molecule has 3 nitrogen and oxygen atoms in total. The normalized spacial score (nSPS) is 14.0. The molecule has 0 heterocycles. The van der Waals surface area contributed by atoms with E-state index in [0.29, 0.717) is 22.6 Å². The first-order valence-corrected chi connectivity index (χ1v) is 11.4. The largest absolute Gasteiger partial charge is 0.305 e. The van der Waals surface area contributed by atoms with Crippen molar-refractivity contribution >= 4 is 11.6 Å². The molecule has 1 N–H and O–H groups in total. The number of halogens is 3. The van der Waals surface area contributed by atoms with Crippen molar-refractivity contribution < 1.29 is 8.78 Å². The molecule has 0 radical (unpaired) electrons. The van der Waals surface area contributed by atoms with Gasteiger partial charge in [-0.3, -0.25) is 0 Å². The van der Waals surface area contributed by atoms with E-state index in [0.717, 1.165) is 17.2 Å². The molecular formula is C28H26ClF2N3. The molecule has 0 aliphatic rings. The number of nitrogens with one attached hydrogen (secondary N) is 1. The number of nitrogens with zero attached hydrogens (tertiary/aromatic N) is 2. The Bertz CT molecular complexity index is 1210. The van der Waals surface area contributed by atoms with Gasteiger partial charge in [0.25, 0.3) is 0 Å². The Morgan fingerprint density at radius 1 is 0.941 bits per heavy atom. The Balaban J connectivity index is 2.02. The lowest BCUT2D eigenvalue weighted by molar-refractivity contribution is 0.279. The minimum absolute atomic E-state index is 0.0927. The molecule has 3 aromatic carbocycles. The number of hydrogen-bond donors (Lipinski definition) is 1. The Kier molecular flexibility index (Phi) is 8.05. The molecule has 0 fully saturated rings. The fourth-order valence-corrected chi connectivity index (χ4v) is 4.33. The Morgan fingerprint density at radius 3 is 2.18 bits per heavy atom. The van der Waals surface area contributed by atoms with Crippen molar-refractivity contribution in [3.8, 4) is 12.1 Å². The van der Waals surface area contributed by atoms with Crippen LogP contribution in [0, 0.1) is 39.7 Å². The predicted octanol–water partition coefficient (Wildman–Crippen LogP) is 7.09. The summed E-state index contributed by atoms with van der Waals surface area (Å²) < 4.78 is 28.1. The van der Waals surface area contributed by atoms with Gasteiger partial charge in [0.2, 0.25) is 0 Å². The Morgan fingerprint density at radius 2 is 1.59 bits per heavy atom. The average Bonchev–Trinajstić information content (AvgIpc) is 2.81. The maximum Gasteiger partial charge on any atom is 0.126 e. The van der Waals surface area contributed by atoms with E-state index in [-0.39, 0.29) is 12.0 Å². The maximum atomic E-state index is 14.1. The molecule has 1 unspecified atom stereocenters. The minimum atomic E-state index is -0.951. The summed E-state index contributed by atoms with van der Waals surface area (Å²) in [6, 6.07) is 21.9. The minimum Gasteiger partial charge on any atom is -0.305 e. The lowest BCUT2D eigenvalue weighted by Gasteiger charge is -2.35. The van der Waals surface area contributed by atoms with Crippen LogP contribution in [0.4, 0.5) is 8.78 Å². The molecule has 3 aromatic rings. The van der Waals surface area contributed by atoms with Gasteiger partial charge in [0.1, 0.15) is 11.6 Å². The van der Waals surface area contributed by atoms with E-state index in [1.807, 2.05) is 49.4 Å². The van der Waals surface area contributed by atoms with Crippen molar-refractivity contribution in [2.24, 2.45) is 5.41 Å². The fraction of sp³-hybridized carbons (Fsp3) is 0.286. The molecule has 0 saturated carbocycles. The lowest BCUT2D eigenvalue weighted by atomic mass is 9.79. The van der Waals surface area contributed by atoms with Crippen molar-refractivity contribution in [1.29, 1.82) is 10.5 Å². The van der Waals surface area contributed by atoms with Gasteiger partial charge in [-0.05, 0) is 80.3 Å². The molecule has 0 spiro atoms. The molecule has 3 atom stereocenters. The summed E-state index contributed by atoms with van der Waals surface area (Å²) in [5.74, 6) is -1.48. The SMILES string of the molecule is C[C@H](N[C@@H](c1cc(F)cc(F)c1)C(C)(C)C#N)C(Cc1ccc(Cl)cc1)c1cccc(C#N)c1. The molecular weight excluding hydrogens is 452 g/mol. The van der Waals surface area contributed by atoms with Crippen LogP contribution in [0.25, 0.3) is 0 Å². The quantitative estimate of drug-likeness (QED) is 0.377. The van der Waals surface area contributed by atoms with Crippen LogP contribution in [-0.2, 0) is 6.42 Å². The number of benzene rings is 3. The highest BCUT2D eigenvalue weighted by atomic mass is 35.5. The van der Waals surface area contributed by atoms with Crippen molar-refractivity contribution in [2.75, 3.05) is 0 Å². The molecule has 0 aliphatic heterocycles. The van der Waals surface area contributed by atoms with E-state index in [9.17, 15) is 19.3 Å². The van der Waals surface area contributed by atoms with Crippen LogP contribution in [0.3, 0.4) is 0 Å². The van der Waals surface area contributed by atoms with Gasteiger partial charge >= 0.3 is 0 Å². The molecule has 174 valence electrons. The second kappa shape index (κ2) is 10.8. The molecule has 34 heavy (non-hydrogen) atoms. The Hall–Kier alpha value is -3.25. The summed E-state index contributed by atoms with van der Waals surface area (Å²) in [4.78, 5) is 0. The van der Waals surface area contributed by atoms with Crippen LogP contribution in [0.1, 0.15) is 55.0 Å². The average molecular weight is 478 g/mol. The van der Waals surface area contributed by atoms with E-state index in [2.05, 4.69) is 17.5 Å². The molecule has 0 saturated heterocycles. The first-order valence-electron chi connectivity index (χ1n) is 11.0. The first-order chi connectivity index (χ1) is 16.1. The van der Waals surface area contributed by atoms with E-state index >= 15 is 0 Å². The zero-order valence-electron chi connectivity index (χ0n) is 19.3. The zero-order valence-corrected chi connectivity index (χ0v) is 20.1. The van der Waals surface area contributed by atoms with Crippen LogP contribution in [0.5, 0.6) is 0 Å². The van der Waals surface area contributed by atoms with Gasteiger partial charge in [-0.1, -0.05) is 35.9 Å². The highest BCUT2D eigenvalue weighted by Crippen LogP contribution is 2.36. The third kappa shape index (κ3) is 6.20. The third-order valence-electron chi connectivity index (χ3n) is 6.07. The summed E-state index contributed by atoms with van der Waals surface area (Å²) in [6.45, 7) is 5.46. The lowest BCUT2D eigenvalue weighted by Crippen LogP contribution is -2.42. The van der Waals surface area contributed by atoms with Crippen molar-refractivity contribution in [3.05, 3.63) is 106 Å². The summed E-state index contributed by atoms with van der Waals surface area (Å²) >= 11 is 6.06. The van der Waals surface area contributed by atoms with E-state index in [1.54, 1.807) is 19.9 Å². The number of rotatable bonds is 8. The van der Waals surface area contributed by atoms with E-state index < -0.39 is 23.1 Å². The highest BCUT2D eigenvalue weighted by molar-refractivity contribution is 6.30. The summed E-state index contributed by atoms with van der Waals surface area (Å²) in [5.41, 5.74) is 1.97. The second-order valence-electron chi connectivity index (χ2n) is 9.10. The second-order valence-corrected chi connectivity index (χ2v) is 9.54. The van der Waals surface area contributed by atoms with Crippen LogP contribution < -0.4 is 5.32 Å². The van der Waals surface area contributed by atoms with Crippen molar-refractivity contribution in [2.45, 2.75) is 45.2 Å². The van der Waals surface area contributed by atoms with Crippen LogP contribution in [-0.4, -0.2) is 6.04 Å². The molecule has 3 rings (SSSR count). The van der Waals surface area contributed by atoms with Crippen LogP contribution in [0.2, 0.25) is 5.02 Å². The third-order valence-corrected chi connectivity index (χ3v) is 6.33. The van der Waals surface area contributed by atoms with Gasteiger partial charge in [-0.2, -0.15) is 10.5 Å². The molecule has 0 amide bonds. The topological polar surface area (TPSA) is 59.6 Å². The van der Waals surface area contributed by atoms with Gasteiger partial charge in [0.15, 0.2) is 0 Å². The van der Waals surface area contributed by atoms with Gasteiger partial charge in [0, 0.05) is 23.0 Å². The highest BCUT2D eigenvalue weighted by Gasteiger charge is 2.34. The Labute approximate surface area is 204 Å². The maximum absolute atomic E-state index is 14.1. The van der Waals surface area contributed by atoms with Gasteiger partial charge in [-0.25, -0.2) is 8.78 Å². The molecule has 0 aromatic heterocycles. The van der Waals surface area contributed by atoms with Crippen LogP contribution in [0.15, 0.2) is 66.7 Å². The summed E-state index contributed by atoms with van der Waals surface area (Å²) in [7, 11) is 0. The molecule has 6 heteroatoms. The molecule has 0 bridgehead atoms. The molecule has 0 aliphatic carbocycles. The van der Waals surface area contributed by atoms with Gasteiger partial charge in [-0.15, -0.1) is 0 Å². The van der Waals surface area contributed by atoms with Crippen molar-refractivity contribution in [3.63, 3.8) is 0 Å². The summed E-state index contributed by atoms with van der Waals surface area (Å²) in [6.07, 6.45) is 0.636. The zero-order chi connectivity index (χ0) is 24.9. The summed E-state index contributed by atoms with van der Waals surface area (Å²) in [5, 5.41) is 23.4. The van der Waals surface area contributed by atoms with Crippen LogP contribution >= 0.6 is 11.6 Å². The monoisotopic (exact) mass is 477 g/mol. The predicted molar refractivity (Wildman–Crippen MR) is 130 cm³/mol. The van der Waals surface area contributed by atoms with Gasteiger partial charge in [0.05, 0.1) is 29.2 Å². The van der Waals surface area contributed by atoms with Gasteiger partial charge < -0.3 is 5.32 Å². The fourth-order valence-electron chi connectivity index (χ4n) is 4.20. The van der Waals surface area contributed by atoms with E-state index in [1.165, 1.54) is 12.1 Å². The number of nitriles is 2. The number of hydrogen-bond acceptors (Lipinski definition) is 3. The first kappa shape index (κ1) is 25.4. The van der Waals surface area contributed by atoms with E-state index in [4.69, 9.17) is 11.6 Å².